The third kappa shape index (κ3) is 3.86. The van der Waals surface area contributed by atoms with Crippen molar-refractivity contribution in [3.05, 3.63) is 65.6 Å². The van der Waals surface area contributed by atoms with Gasteiger partial charge < -0.3 is 4.42 Å². The van der Waals surface area contributed by atoms with Crippen molar-refractivity contribution in [2.45, 2.75) is 12.8 Å². The van der Waals surface area contributed by atoms with Crippen LogP contribution in [0.5, 0.6) is 0 Å². The number of oxazole rings is 1. The van der Waals surface area contributed by atoms with Gasteiger partial charge in [-0.25, -0.2) is 9.97 Å². The molecule has 2 aromatic carbocycles. The van der Waals surface area contributed by atoms with Crippen molar-refractivity contribution in [2.75, 3.05) is 11.9 Å². The van der Waals surface area contributed by atoms with Gasteiger partial charge in [0.2, 0.25) is 5.91 Å². The van der Waals surface area contributed by atoms with Crippen LogP contribution in [0.25, 0.3) is 21.5 Å². The Morgan fingerprint density at radius 1 is 1.19 bits per heavy atom. The quantitative estimate of drug-likeness (QED) is 0.464. The number of thiazole rings is 1. The molecule has 0 saturated carbocycles. The molecule has 2 heterocycles. The van der Waals surface area contributed by atoms with E-state index in [9.17, 15) is 4.79 Å². The first-order valence-corrected chi connectivity index (χ1v) is 9.62. The van der Waals surface area contributed by atoms with Crippen molar-refractivity contribution in [2.24, 2.45) is 0 Å². The fourth-order valence-electron chi connectivity index (χ4n) is 2.67. The fourth-order valence-corrected chi connectivity index (χ4v) is 3.74. The van der Waals surface area contributed by atoms with Crippen LogP contribution in [0.4, 0.5) is 5.13 Å². The van der Waals surface area contributed by atoms with Gasteiger partial charge in [0.1, 0.15) is 0 Å². The zero-order chi connectivity index (χ0) is 18.8. The molecule has 0 aliphatic carbocycles. The molecule has 0 fully saturated rings. The van der Waals surface area contributed by atoms with E-state index in [0.29, 0.717) is 34.6 Å². The molecule has 0 unspecified atom stereocenters. The maximum absolute atomic E-state index is 12.5. The van der Waals surface area contributed by atoms with E-state index in [-0.39, 0.29) is 5.91 Å². The standard InChI is InChI=1S/C20H16ClN3O2S/c1-24(20-23-15-4-2-3-5-17(15)27-20)19(25)11-10-18-22-12-16(26-18)13-6-8-14(21)9-7-13/h2-9,12H,10-11H2,1H3. The van der Waals surface area contributed by atoms with E-state index in [1.807, 2.05) is 36.4 Å². The number of carbonyl (C=O) groups excluding carboxylic acids is 1. The second kappa shape index (κ2) is 7.50. The molecule has 27 heavy (non-hydrogen) atoms. The SMILES string of the molecule is CN(C(=O)CCc1ncc(-c2ccc(Cl)cc2)o1)c1nc2ccccc2s1. The second-order valence-corrected chi connectivity index (χ2v) is 7.49. The number of halogens is 1. The highest BCUT2D eigenvalue weighted by Gasteiger charge is 2.16. The maximum atomic E-state index is 12.5. The number of benzene rings is 2. The van der Waals surface area contributed by atoms with Gasteiger partial charge in [0.05, 0.1) is 16.4 Å². The molecule has 2 aromatic heterocycles. The number of anilines is 1. The van der Waals surface area contributed by atoms with Crippen molar-refractivity contribution in [3.63, 3.8) is 0 Å². The van der Waals surface area contributed by atoms with Gasteiger partial charge in [-0.3, -0.25) is 9.69 Å². The Labute approximate surface area is 165 Å². The zero-order valence-corrected chi connectivity index (χ0v) is 16.1. The van der Waals surface area contributed by atoms with Crippen LogP contribution in [0, 0.1) is 0 Å². The maximum Gasteiger partial charge on any atom is 0.229 e. The van der Waals surface area contributed by atoms with E-state index in [0.717, 1.165) is 15.8 Å². The number of hydrogen-bond acceptors (Lipinski definition) is 5. The van der Waals surface area contributed by atoms with E-state index >= 15 is 0 Å². The smallest absolute Gasteiger partial charge is 0.229 e. The first-order chi connectivity index (χ1) is 13.1. The highest BCUT2D eigenvalue weighted by Crippen LogP contribution is 2.28. The number of amides is 1. The first kappa shape index (κ1) is 17.7. The molecule has 0 aliphatic rings. The summed E-state index contributed by atoms with van der Waals surface area (Å²) in [4.78, 5) is 22.9. The highest BCUT2D eigenvalue weighted by atomic mass is 35.5. The van der Waals surface area contributed by atoms with Gasteiger partial charge in [-0.15, -0.1) is 0 Å². The molecule has 0 spiro atoms. The third-order valence-corrected chi connectivity index (χ3v) is 5.54. The van der Waals surface area contributed by atoms with E-state index in [2.05, 4.69) is 9.97 Å². The predicted octanol–water partition coefficient (Wildman–Crippen LogP) is 5.20. The van der Waals surface area contributed by atoms with E-state index in [1.165, 1.54) is 11.3 Å². The van der Waals surface area contributed by atoms with Crippen LogP contribution in [0.1, 0.15) is 12.3 Å². The van der Waals surface area contributed by atoms with Crippen LogP contribution in [0.2, 0.25) is 5.02 Å². The minimum absolute atomic E-state index is 0.0275. The predicted molar refractivity (Wildman–Crippen MR) is 108 cm³/mol. The number of fused-ring (bicyclic) bond motifs is 1. The average Bonchev–Trinajstić information content (AvgIpc) is 3.33. The Bertz CT molecular complexity index is 1060. The number of para-hydroxylation sites is 1. The fraction of sp³-hybridized carbons (Fsp3) is 0.150. The average molecular weight is 398 g/mol. The number of hydrogen-bond donors (Lipinski definition) is 0. The van der Waals surface area contributed by atoms with Crippen molar-refractivity contribution >= 4 is 44.2 Å². The van der Waals surface area contributed by atoms with Crippen LogP contribution in [-0.4, -0.2) is 22.9 Å². The Morgan fingerprint density at radius 2 is 1.96 bits per heavy atom. The lowest BCUT2D eigenvalue weighted by atomic mass is 10.2. The normalized spacial score (nSPS) is 11.0. The first-order valence-electron chi connectivity index (χ1n) is 8.43. The zero-order valence-electron chi connectivity index (χ0n) is 14.6. The molecule has 136 valence electrons. The molecule has 0 N–H and O–H groups in total. The lowest BCUT2D eigenvalue weighted by molar-refractivity contribution is -0.118. The van der Waals surface area contributed by atoms with Gasteiger partial charge in [-0.2, -0.15) is 0 Å². The summed E-state index contributed by atoms with van der Waals surface area (Å²) >= 11 is 7.40. The van der Waals surface area contributed by atoms with Crippen molar-refractivity contribution < 1.29 is 9.21 Å². The Morgan fingerprint density at radius 3 is 2.74 bits per heavy atom. The van der Waals surface area contributed by atoms with E-state index in [1.54, 1.807) is 30.3 Å². The van der Waals surface area contributed by atoms with Crippen LogP contribution < -0.4 is 4.90 Å². The second-order valence-electron chi connectivity index (χ2n) is 6.04. The summed E-state index contributed by atoms with van der Waals surface area (Å²) in [5, 5.41) is 1.36. The number of rotatable bonds is 5. The Hall–Kier alpha value is -2.70. The minimum Gasteiger partial charge on any atom is -0.441 e. The van der Waals surface area contributed by atoms with E-state index in [4.69, 9.17) is 16.0 Å². The highest BCUT2D eigenvalue weighted by molar-refractivity contribution is 7.22. The summed E-state index contributed by atoms with van der Waals surface area (Å²) in [5.74, 6) is 1.17. The van der Waals surface area contributed by atoms with Crippen LogP contribution in [-0.2, 0) is 11.2 Å². The topological polar surface area (TPSA) is 59.2 Å². The Balaban J connectivity index is 1.41. The van der Waals surface area contributed by atoms with Crippen LogP contribution in [0.15, 0.2) is 59.1 Å². The van der Waals surface area contributed by atoms with Crippen LogP contribution >= 0.6 is 22.9 Å². The van der Waals surface area contributed by atoms with Gasteiger partial charge in [-0.05, 0) is 36.4 Å². The van der Waals surface area contributed by atoms with Gasteiger partial charge in [-0.1, -0.05) is 35.1 Å². The minimum atomic E-state index is -0.0275. The van der Waals surface area contributed by atoms with Crippen molar-refractivity contribution in [1.82, 2.24) is 9.97 Å². The molecule has 0 aliphatic heterocycles. The molecule has 0 atom stereocenters. The number of aromatic nitrogens is 2. The number of nitrogens with zero attached hydrogens (tertiary/aromatic N) is 3. The van der Waals surface area contributed by atoms with Crippen molar-refractivity contribution in [3.8, 4) is 11.3 Å². The molecule has 1 amide bonds. The monoisotopic (exact) mass is 397 g/mol. The van der Waals surface area contributed by atoms with Crippen molar-refractivity contribution in [1.29, 1.82) is 0 Å². The largest absolute Gasteiger partial charge is 0.441 e. The summed E-state index contributed by atoms with van der Waals surface area (Å²) < 4.78 is 6.82. The molecule has 5 nitrogen and oxygen atoms in total. The van der Waals surface area contributed by atoms with Gasteiger partial charge in [0.25, 0.3) is 0 Å². The van der Waals surface area contributed by atoms with Gasteiger partial charge in [0, 0.05) is 30.5 Å². The lowest BCUT2D eigenvalue weighted by Crippen LogP contribution is -2.26. The summed E-state index contributed by atoms with van der Waals surface area (Å²) in [6, 6.07) is 15.2. The molecule has 0 saturated heterocycles. The molecule has 7 heteroatoms. The molecule has 4 aromatic rings. The molecular formula is C20H16ClN3O2S. The number of carbonyl (C=O) groups is 1. The summed E-state index contributed by atoms with van der Waals surface area (Å²) in [5.41, 5.74) is 1.80. The molecule has 4 rings (SSSR count). The third-order valence-electron chi connectivity index (χ3n) is 4.18. The molecule has 0 radical (unpaired) electrons. The summed E-state index contributed by atoms with van der Waals surface area (Å²) in [6.07, 6.45) is 2.40. The van der Waals surface area contributed by atoms with Crippen LogP contribution in [0.3, 0.4) is 0 Å². The number of aryl methyl sites for hydroxylation is 1. The van der Waals surface area contributed by atoms with Gasteiger partial charge in [0.15, 0.2) is 16.8 Å². The lowest BCUT2D eigenvalue weighted by Gasteiger charge is -2.12. The summed E-state index contributed by atoms with van der Waals surface area (Å²) in [6.45, 7) is 0. The Kier molecular flexibility index (Phi) is 4.92. The summed E-state index contributed by atoms with van der Waals surface area (Å²) in [7, 11) is 1.74. The molecular weight excluding hydrogens is 382 g/mol. The van der Waals surface area contributed by atoms with Gasteiger partial charge >= 0.3 is 0 Å². The molecule has 0 bridgehead atoms. The van der Waals surface area contributed by atoms with E-state index < -0.39 is 0 Å².